The summed E-state index contributed by atoms with van der Waals surface area (Å²) in [5.41, 5.74) is 7.99. The van der Waals surface area contributed by atoms with Crippen LogP contribution in [0.15, 0.2) is 0 Å². The van der Waals surface area contributed by atoms with Crippen LogP contribution in [0.5, 0.6) is 0 Å². The minimum absolute atomic E-state index is 0.0660. The van der Waals surface area contributed by atoms with Crippen LogP contribution in [-0.4, -0.2) is 25.8 Å². The molecule has 0 radical (unpaired) electrons. The van der Waals surface area contributed by atoms with Crippen LogP contribution < -0.4 is 5.73 Å². The van der Waals surface area contributed by atoms with Gasteiger partial charge in [-0.25, -0.2) is 14.5 Å². The van der Waals surface area contributed by atoms with E-state index in [0.717, 1.165) is 0 Å². The number of aromatic carboxylic acids is 1. The van der Waals surface area contributed by atoms with Crippen molar-refractivity contribution in [3.63, 3.8) is 0 Å². The number of aromatic nitrogens is 3. The fourth-order valence-electron chi connectivity index (χ4n) is 2.02. The highest BCUT2D eigenvalue weighted by molar-refractivity contribution is 6.04. The van der Waals surface area contributed by atoms with Crippen molar-refractivity contribution in [2.45, 2.75) is 27.3 Å². The molecule has 2 aromatic heterocycles. The molecule has 0 aliphatic rings. The Morgan fingerprint density at radius 3 is 2.59 bits per heavy atom. The number of carbonyl (C=O) groups is 1. The molecule has 6 heteroatoms. The minimum Gasteiger partial charge on any atom is -0.478 e. The maximum atomic E-state index is 11.1. The van der Waals surface area contributed by atoms with Gasteiger partial charge in [-0.3, -0.25) is 0 Å². The van der Waals surface area contributed by atoms with E-state index >= 15 is 0 Å². The van der Waals surface area contributed by atoms with Gasteiger partial charge < -0.3 is 10.8 Å². The van der Waals surface area contributed by atoms with E-state index in [1.54, 1.807) is 18.5 Å². The third kappa shape index (κ3) is 1.52. The van der Waals surface area contributed by atoms with Crippen LogP contribution in [0, 0.1) is 13.8 Å². The van der Waals surface area contributed by atoms with Gasteiger partial charge in [0.1, 0.15) is 5.56 Å². The number of carboxylic acid groups (broad SMARTS) is 1. The molecular formula is C11H14N4O2. The summed E-state index contributed by atoms with van der Waals surface area (Å²) in [4.78, 5) is 15.4. The Morgan fingerprint density at radius 2 is 2.06 bits per heavy atom. The minimum atomic E-state index is -1.06. The van der Waals surface area contributed by atoms with Crippen molar-refractivity contribution in [2.75, 3.05) is 5.73 Å². The van der Waals surface area contributed by atoms with Crippen LogP contribution >= 0.6 is 0 Å². The zero-order valence-corrected chi connectivity index (χ0v) is 9.98. The fraction of sp³-hybridized carbons (Fsp3) is 0.364. The number of hydrogen-bond acceptors (Lipinski definition) is 4. The number of fused-ring (bicyclic) bond motifs is 1. The topological polar surface area (TPSA) is 94.0 Å². The number of rotatable bonds is 2. The highest BCUT2D eigenvalue weighted by Gasteiger charge is 2.20. The van der Waals surface area contributed by atoms with Crippen LogP contribution in [0.1, 0.15) is 28.7 Å². The highest BCUT2D eigenvalue weighted by Crippen LogP contribution is 2.28. The Kier molecular flexibility index (Phi) is 2.49. The van der Waals surface area contributed by atoms with Gasteiger partial charge in [-0.15, -0.1) is 0 Å². The average Bonchev–Trinajstić information content (AvgIpc) is 2.54. The summed E-state index contributed by atoms with van der Waals surface area (Å²) in [5.74, 6) is -1.06. The molecule has 0 amide bonds. The molecule has 0 aliphatic carbocycles. The van der Waals surface area contributed by atoms with Crippen LogP contribution in [0.2, 0.25) is 0 Å². The second kappa shape index (κ2) is 3.73. The van der Waals surface area contributed by atoms with Crippen molar-refractivity contribution in [3.8, 4) is 0 Å². The Labute approximate surface area is 98.1 Å². The second-order valence-corrected chi connectivity index (χ2v) is 3.89. The molecule has 2 aromatic rings. The summed E-state index contributed by atoms with van der Waals surface area (Å²) in [6.07, 6.45) is 0. The third-order valence-corrected chi connectivity index (χ3v) is 2.79. The fourth-order valence-corrected chi connectivity index (χ4v) is 2.02. The molecule has 17 heavy (non-hydrogen) atoms. The monoisotopic (exact) mass is 234 g/mol. The molecule has 3 N–H and O–H groups in total. The first-order valence-corrected chi connectivity index (χ1v) is 5.33. The van der Waals surface area contributed by atoms with Crippen molar-refractivity contribution in [3.05, 3.63) is 17.0 Å². The van der Waals surface area contributed by atoms with E-state index in [4.69, 9.17) is 10.8 Å². The van der Waals surface area contributed by atoms with Gasteiger partial charge in [-0.05, 0) is 20.8 Å². The van der Waals surface area contributed by atoms with Gasteiger partial charge in [-0.2, -0.15) is 5.10 Å². The van der Waals surface area contributed by atoms with Crippen molar-refractivity contribution in [1.29, 1.82) is 0 Å². The Morgan fingerprint density at radius 1 is 1.41 bits per heavy atom. The van der Waals surface area contributed by atoms with Crippen LogP contribution in [0.25, 0.3) is 11.0 Å². The number of nitrogens with two attached hydrogens (primary N) is 1. The summed E-state index contributed by atoms with van der Waals surface area (Å²) in [5, 5.41) is 14.0. The van der Waals surface area contributed by atoms with Crippen LogP contribution in [0.3, 0.4) is 0 Å². The summed E-state index contributed by atoms with van der Waals surface area (Å²) in [7, 11) is 0. The van der Waals surface area contributed by atoms with E-state index in [1.807, 2.05) is 6.92 Å². The van der Waals surface area contributed by atoms with E-state index < -0.39 is 5.97 Å². The van der Waals surface area contributed by atoms with Crippen LogP contribution in [0.4, 0.5) is 5.69 Å². The molecule has 0 spiro atoms. The smallest absolute Gasteiger partial charge is 0.339 e. The van der Waals surface area contributed by atoms with Crippen molar-refractivity contribution in [2.24, 2.45) is 0 Å². The van der Waals surface area contributed by atoms with Gasteiger partial charge in [0.25, 0.3) is 0 Å². The van der Waals surface area contributed by atoms with E-state index in [-0.39, 0.29) is 11.3 Å². The number of nitrogen functional groups attached to an aromatic ring is 1. The predicted octanol–water partition coefficient (Wildman–Crippen LogP) is 1.35. The lowest BCUT2D eigenvalue weighted by Crippen LogP contribution is -2.08. The maximum absolute atomic E-state index is 11.1. The van der Waals surface area contributed by atoms with Gasteiger partial charge in [0.05, 0.1) is 22.5 Å². The van der Waals surface area contributed by atoms with Gasteiger partial charge in [0, 0.05) is 6.54 Å². The zero-order valence-electron chi connectivity index (χ0n) is 9.98. The standard InChI is InChI=1S/C11H14N4O2/c1-4-15-10-7(6(3)14-15)9(12)8(11(16)17)5(2)13-10/h4H2,1-3H3,(H2,12,13)(H,16,17). The maximum Gasteiger partial charge on any atom is 0.339 e. The average molecular weight is 234 g/mol. The zero-order chi connectivity index (χ0) is 12.7. The molecule has 0 aliphatic heterocycles. The molecule has 2 rings (SSSR count). The number of hydrogen-bond donors (Lipinski definition) is 2. The van der Waals surface area contributed by atoms with E-state index in [9.17, 15) is 4.79 Å². The lowest BCUT2D eigenvalue weighted by Gasteiger charge is -2.06. The number of anilines is 1. The SMILES string of the molecule is CCn1nc(C)c2c(N)c(C(=O)O)c(C)nc21. The number of carboxylic acids is 1. The van der Waals surface area contributed by atoms with Crippen molar-refractivity contribution in [1.82, 2.24) is 14.8 Å². The first kappa shape index (κ1) is 11.4. The molecule has 0 atom stereocenters. The Balaban J connectivity index is 2.93. The highest BCUT2D eigenvalue weighted by atomic mass is 16.4. The molecule has 0 saturated heterocycles. The number of aryl methyl sites for hydroxylation is 3. The first-order valence-electron chi connectivity index (χ1n) is 5.33. The van der Waals surface area contributed by atoms with E-state index in [0.29, 0.717) is 29.0 Å². The first-order chi connectivity index (χ1) is 7.97. The molecule has 90 valence electrons. The Bertz CT molecular complexity index is 616. The molecule has 6 nitrogen and oxygen atoms in total. The lowest BCUT2D eigenvalue weighted by atomic mass is 10.1. The largest absolute Gasteiger partial charge is 0.478 e. The molecule has 0 bridgehead atoms. The molecule has 0 fully saturated rings. The van der Waals surface area contributed by atoms with Gasteiger partial charge in [-0.1, -0.05) is 0 Å². The number of nitrogens with zero attached hydrogens (tertiary/aromatic N) is 3. The van der Waals surface area contributed by atoms with Gasteiger partial charge >= 0.3 is 5.97 Å². The summed E-state index contributed by atoms with van der Waals surface area (Å²) >= 11 is 0. The molecular weight excluding hydrogens is 220 g/mol. The predicted molar refractivity (Wildman–Crippen MR) is 64.0 cm³/mol. The molecule has 0 saturated carbocycles. The summed E-state index contributed by atoms with van der Waals surface area (Å²) in [6.45, 7) is 6.06. The quantitative estimate of drug-likeness (QED) is 0.817. The lowest BCUT2D eigenvalue weighted by molar-refractivity contribution is 0.0697. The Hall–Kier alpha value is -2.11. The summed E-state index contributed by atoms with van der Waals surface area (Å²) in [6, 6.07) is 0. The van der Waals surface area contributed by atoms with Crippen molar-refractivity contribution < 1.29 is 9.90 Å². The van der Waals surface area contributed by atoms with Gasteiger partial charge in [0.2, 0.25) is 0 Å². The number of pyridine rings is 1. The summed E-state index contributed by atoms with van der Waals surface area (Å²) < 4.78 is 1.72. The third-order valence-electron chi connectivity index (χ3n) is 2.79. The van der Waals surface area contributed by atoms with Gasteiger partial charge in [0.15, 0.2) is 5.65 Å². The second-order valence-electron chi connectivity index (χ2n) is 3.89. The van der Waals surface area contributed by atoms with Crippen LogP contribution in [-0.2, 0) is 6.54 Å². The molecule has 0 unspecified atom stereocenters. The van der Waals surface area contributed by atoms with E-state index in [1.165, 1.54) is 0 Å². The molecule has 2 heterocycles. The molecule has 0 aromatic carbocycles. The van der Waals surface area contributed by atoms with Crippen molar-refractivity contribution >= 4 is 22.7 Å². The normalized spacial score (nSPS) is 11.0. The van der Waals surface area contributed by atoms with E-state index in [2.05, 4.69) is 10.1 Å².